The summed E-state index contributed by atoms with van der Waals surface area (Å²) in [5, 5.41) is 16.0. The summed E-state index contributed by atoms with van der Waals surface area (Å²) in [4.78, 5) is 40.5. The van der Waals surface area contributed by atoms with Gasteiger partial charge in [-0.1, -0.05) is 121 Å². The standard InChI is InChI=1S/C37H37N2O5P/c1-37(2,3)44-36(42)39-32(24-25-34(40)43-27-28-16-8-4-9-17-28)35(41)33(26-38)45(29-18-10-5-11-19-29,30-20-12-6-13-21-30)31-22-14-7-15-23-31/h4-23,32H,24-25,27H2,1-3H3,(H,39,42)/t32-/m0/s1. The van der Waals surface area contributed by atoms with E-state index in [-0.39, 0.29) is 24.7 Å². The highest BCUT2D eigenvalue weighted by molar-refractivity contribution is 7.97. The summed E-state index contributed by atoms with van der Waals surface area (Å²) in [5.74, 6) is -1.11. The van der Waals surface area contributed by atoms with Crippen LogP contribution in [0.2, 0.25) is 0 Å². The van der Waals surface area contributed by atoms with Gasteiger partial charge in [0.25, 0.3) is 0 Å². The van der Waals surface area contributed by atoms with Crippen LogP contribution in [0.5, 0.6) is 0 Å². The van der Waals surface area contributed by atoms with Gasteiger partial charge in [-0.25, -0.2) is 4.79 Å². The Balaban J connectivity index is 1.83. The van der Waals surface area contributed by atoms with Gasteiger partial charge in [0.2, 0.25) is 0 Å². The van der Waals surface area contributed by atoms with E-state index < -0.39 is 36.4 Å². The molecule has 1 N–H and O–H groups in total. The number of amides is 1. The van der Waals surface area contributed by atoms with Gasteiger partial charge in [0, 0.05) is 6.42 Å². The highest BCUT2D eigenvalue weighted by Crippen LogP contribution is 2.46. The molecule has 4 aromatic carbocycles. The molecule has 0 aliphatic heterocycles. The van der Waals surface area contributed by atoms with Crippen molar-refractivity contribution in [2.45, 2.75) is 51.9 Å². The molecule has 8 heteroatoms. The minimum absolute atomic E-state index is 0.00446. The van der Waals surface area contributed by atoms with Crippen LogP contribution in [0.4, 0.5) is 4.79 Å². The van der Waals surface area contributed by atoms with Gasteiger partial charge in [-0.2, -0.15) is 5.26 Å². The zero-order valence-corrected chi connectivity index (χ0v) is 26.6. The molecule has 45 heavy (non-hydrogen) atoms. The van der Waals surface area contributed by atoms with Crippen molar-refractivity contribution in [1.82, 2.24) is 5.32 Å². The number of carbonyl (C=O) groups excluding carboxylic acids is 3. The van der Waals surface area contributed by atoms with Crippen LogP contribution < -0.4 is 21.2 Å². The molecule has 4 rings (SSSR count). The Morgan fingerprint density at radius 2 is 1.20 bits per heavy atom. The number of rotatable bonds is 11. The van der Waals surface area contributed by atoms with Gasteiger partial charge in [0.15, 0.2) is 5.78 Å². The molecule has 0 aromatic heterocycles. The Bertz CT molecular complexity index is 1590. The van der Waals surface area contributed by atoms with E-state index in [2.05, 4.69) is 11.4 Å². The fourth-order valence-corrected chi connectivity index (χ4v) is 9.20. The summed E-state index contributed by atoms with van der Waals surface area (Å²) in [6.07, 6.45) is -1.07. The first kappa shape index (κ1) is 33.0. The third-order valence-corrected chi connectivity index (χ3v) is 11.2. The minimum atomic E-state index is -3.06. The van der Waals surface area contributed by atoms with Gasteiger partial charge in [0.1, 0.15) is 23.6 Å². The van der Waals surface area contributed by atoms with Crippen LogP contribution in [-0.4, -0.2) is 34.8 Å². The number of ketones is 1. The first-order valence-corrected chi connectivity index (χ1v) is 16.5. The third kappa shape index (κ3) is 8.38. The molecule has 0 unspecified atom stereocenters. The predicted octanol–water partition coefficient (Wildman–Crippen LogP) is 5.66. The molecule has 0 saturated carbocycles. The molecule has 0 aliphatic carbocycles. The average Bonchev–Trinajstić information content (AvgIpc) is 3.05. The average molecular weight is 621 g/mol. The van der Waals surface area contributed by atoms with Crippen molar-refractivity contribution in [3.63, 3.8) is 0 Å². The first-order valence-electron chi connectivity index (χ1n) is 14.7. The molecule has 1 amide bonds. The monoisotopic (exact) mass is 620 g/mol. The highest BCUT2D eigenvalue weighted by atomic mass is 31.2. The Labute approximate surface area is 264 Å². The van der Waals surface area contributed by atoms with E-state index in [0.29, 0.717) is 0 Å². The lowest BCUT2D eigenvalue weighted by Crippen LogP contribution is -2.47. The van der Waals surface area contributed by atoms with Crippen molar-refractivity contribution in [3.05, 3.63) is 127 Å². The van der Waals surface area contributed by atoms with Gasteiger partial charge in [-0.05, 0) is 55.6 Å². The van der Waals surface area contributed by atoms with Crippen LogP contribution >= 0.6 is 6.89 Å². The Hall–Kier alpha value is -4.92. The van der Waals surface area contributed by atoms with E-state index >= 15 is 0 Å². The number of nitrogens with zero attached hydrogens (tertiary/aromatic N) is 1. The zero-order valence-electron chi connectivity index (χ0n) is 25.7. The lowest BCUT2D eigenvalue weighted by atomic mass is 10.0. The fraction of sp³-hybridized carbons (Fsp3) is 0.216. The Morgan fingerprint density at radius 1 is 0.756 bits per heavy atom. The number of alkyl carbamates (subject to hydrolysis) is 1. The van der Waals surface area contributed by atoms with Gasteiger partial charge < -0.3 is 14.8 Å². The van der Waals surface area contributed by atoms with E-state index in [4.69, 9.17) is 9.47 Å². The number of carbonyl (C=O) groups is 3. The van der Waals surface area contributed by atoms with Crippen molar-refractivity contribution in [2.24, 2.45) is 0 Å². The van der Waals surface area contributed by atoms with Gasteiger partial charge >= 0.3 is 12.1 Å². The quantitative estimate of drug-likeness (QED) is 0.171. The SMILES string of the molecule is CC(C)(C)OC(=O)N[C@@H](CCC(=O)OCc1ccccc1)C(=O)C(C#N)=P(c1ccccc1)(c1ccccc1)c1ccccc1. The molecule has 4 aromatic rings. The molecular weight excluding hydrogens is 583 g/mol. The van der Waals surface area contributed by atoms with Crippen LogP contribution in [0.1, 0.15) is 39.2 Å². The number of nitrogens with one attached hydrogen (secondary N) is 1. The summed E-state index contributed by atoms with van der Waals surface area (Å²) in [5.41, 5.74) is -0.00299. The van der Waals surface area contributed by atoms with Crippen molar-refractivity contribution in [2.75, 3.05) is 0 Å². The molecule has 7 nitrogen and oxygen atoms in total. The van der Waals surface area contributed by atoms with Gasteiger partial charge in [0.05, 0.1) is 6.04 Å². The largest absolute Gasteiger partial charge is 0.461 e. The van der Waals surface area contributed by atoms with E-state index in [1.54, 1.807) is 20.8 Å². The molecule has 0 spiro atoms. The Morgan fingerprint density at radius 3 is 1.62 bits per heavy atom. The van der Waals surface area contributed by atoms with Crippen molar-refractivity contribution in [1.29, 1.82) is 5.26 Å². The topological polar surface area (TPSA) is 105 Å². The normalized spacial score (nSPS) is 11.9. The molecule has 0 fully saturated rings. The summed E-state index contributed by atoms with van der Waals surface area (Å²) in [6, 6.07) is 38.8. The molecular formula is C37H37N2O5P. The number of Topliss-reactive ketones (excluding diaryl/α,β-unsaturated/α-hetero) is 1. The maximum absolute atomic E-state index is 14.7. The fourth-order valence-electron chi connectivity index (χ4n) is 5.04. The Kier molecular flexibility index (Phi) is 11.1. The van der Waals surface area contributed by atoms with Crippen LogP contribution in [0, 0.1) is 11.3 Å². The molecule has 0 saturated heterocycles. The molecule has 230 valence electrons. The molecule has 0 heterocycles. The van der Waals surface area contributed by atoms with Crippen molar-refractivity contribution in [3.8, 4) is 6.07 Å². The van der Waals surface area contributed by atoms with Crippen LogP contribution in [0.15, 0.2) is 121 Å². The van der Waals surface area contributed by atoms with Crippen LogP contribution in [-0.2, 0) is 25.7 Å². The number of hydrogen-bond donors (Lipinski definition) is 1. The maximum Gasteiger partial charge on any atom is 0.408 e. The second kappa shape index (κ2) is 15.2. The summed E-state index contributed by atoms with van der Waals surface area (Å²) >= 11 is 0. The van der Waals surface area contributed by atoms with Gasteiger partial charge in [-0.15, -0.1) is 0 Å². The first-order chi connectivity index (χ1) is 21.6. The minimum Gasteiger partial charge on any atom is -0.461 e. The summed E-state index contributed by atoms with van der Waals surface area (Å²) in [6.45, 7) is 2.17. The smallest absolute Gasteiger partial charge is 0.408 e. The van der Waals surface area contributed by atoms with Crippen LogP contribution in [0.25, 0.3) is 0 Å². The highest BCUT2D eigenvalue weighted by Gasteiger charge is 2.37. The molecule has 0 bridgehead atoms. The number of benzene rings is 4. The summed E-state index contributed by atoms with van der Waals surface area (Å²) in [7, 11) is 0. The van der Waals surface area contributed by atoms with E-state index in [1.165, 1.54) is 0 Å². The molecule has 0 aliphatic rings. The van der Waals surface area contributed by atoms with Crippen molar-refractivity contribution < 1.29 is 23.9 Å². The summed E-state index contributed by atoms with van der Waals surface area (Å²) < 4.78 is 10.9. The lowest BCUT2D eigenvalue weighted by Gasteiger charge is -2.31. The molecule has 1 atom stereocenters. The lowest BCUT2D eigenvalue weighted by molar-refractivity contribution is -0.145. The second-order valence-corrected chi connectivity index (χ2v) is 14.7. The third-order valence-electron chi connectivity index (χ3n) is 6.99. The van der Waals surface area contributed by atoms with Crippen molar-refractivity contribution >= 4 is 45.9 Å². The molecule has 0 radical (unpaired) electrons. The van der Waals surface area contributed by atoms with E-state index in [1.807, 2.05) is 121 Å². The number of nitriles is 1. The number of ether oxygens (including phenoxy) is 2. The van der Waals surface area contributed by atoms with Gasteiger partial charge in [-0.3, -0.25) is 9.59 Å². The second-order valence-electron chi connectivity index (χ2n) is 11.4. The zero-order chi connectivity index (χ0) is 32.3. The maximum atomic E-state index is 14.7. The predicted molar refractivity (Wildman–Crippen MR) is 179 cm³/mol. The number of esters is 1. The van der Waals surface area contributed by atoms with E-state index in [9.17, 15) is 19.6 Å². The number of hydrogen-bond acceptors (Lipinski definition) is 6. The van der Waals surface area contributed by atoms with Crippen LogP contribution in [0.3, 0.4) is 0 Å². The van der Waals surface area contributed by atoms with E-state index in [0.717, 1.165) is 21.5 Å².